The molecule has 1 aromatic rings. The van der Waals surface area contributed by atoms with E-state index in [2.05, 4.69) is 10.3 Å². The van der Waals surface area contributed by atoms with Crippen molar-refractivity contribution in [2.75, 3.05) is 32.7 Å². The highest BCUT2D eigenvalue weighted by molar-refractivity contribution is 5.44. The lowest BCUT2D eigenvalue weighted by molar-refractivity contribution is -0.385. The van der Waals surface area contributed by atoms with E-state index in [0.29, 0.717) is 24.7 Å². The Morgan fingerprint density at radius 3 is 2.72 bits per heavy atom. The van der Waals surface area contributed by atoms with Crippen LogP contribution < -0.4 is 5.32 Å². The third kappa shape index (κ3) is 3.94. The molecule has 1 aromatic heterocycles. The quantitative estimate of drug-likeness (QED) is 0.585. The SMILES string of the molecule is COCC(CNc1ccc([N+](=O)[O-])c(C)n1)OC. The van der Waals surface area contributed by atoms with Crippen LogP contribution in [0.3, 0.4) is 0 Å². The number of ether oxygens (including phenoxy) is 2. The maximum atomic E-state index is 10.6. The highest BCUT2D eigenvalue weighted by Gasteiger charge is 2.12. The van der Waals surface area contributed by atoms with Crippen molar-refractivity contribution in [3.63, 3.8) is 0 Å². The van der Waals surface area contributed by atoms with Crippen molar-refractivity contribution in [2.45, 2.75) is 13.0 Å². The molecule has 1 atom stereocenters. The monoisotopic (exact) mass is 255 g/mol. The third-order valence-corrected chi connectivity index (χ3v) is 2.45. The molecule has 1 rings (SSSR count). The van der Waals surface area contributed by atoms with E-state index in [1.54, 1.807) is 27.2 Å². The van der Waals surface area contributed by atoms with Crippen LogP contribution in [0, 0.1) is 17.0 Å². The molecule has 1 N–H and O–H groups in total. The number of hydrogen-bond donors (Lipinski definition) is 1. The average molecular weight is 255 g/mol. The van der Waals surface area contributed by atoms with Crippen molar-refractivity contribution >= 4 is 11.5 Å². The highest BCUT2D eigenvalue weighted by atomic mass is 16.6. The molecule has 0 saturated heterocycles. The Labute approximate surface area is 105 Å². The molecule has 0 bridgehead atoms. The lowest BCUT2D eigenvalue weighted by atomic mass is 10.3. The second-order valence-electron chi connectivity index (χ2n) is 3.75. The van der Waals surface area contributed by atoms with Crippen LogP contribution in [0.15, 0.2) is 12.1 Å². The molecule has 0 aliphatic carbocycles. The van der Waals surface area contributed by atoms with Gasteiger partial charge in [0.25, 0.3) is 5.69 Å². The van der Waals surface area contributed by atoms with Crippen LogP contribution in [-0.4, -0.2) is 43.4 Å². The lowest BCUT2D eigenvalue weighted by Crippen LogP contribution is -2.26. The minimum Gasteiger partial charge on any atom is -0.382 e. The molecule has 0 aliphatic heterocycles. The van der Waals surface area contributed by atoms with E-state index in [9.17, 15) is 10.1 Å². The number of rotatable bonds is 7. The fourth-order valence-corrected chi connectivity index (χ4v) is 1.46. The first-order valence-electron chi connectivity index (χ1n) is 5.46. The first kappa shape index (κ1) is 14.3. The number of methoxy groups -OCH3 is 2. The average Bonchev–Trinajstić information content (AvgIpc) is 2.34. The summed E-state index contributed by atoms with van der Waals surface area (Å²) >= 11 is 0. The van der Waals surface area contributed by atoms with E-state index >= 15 is 0 Å². The van der Waals surface area contributed by atoms with Gasteiger partial charge >= 0.3 is 0 Å². The van der Waals surface area contributed by atoms with Gasteiger partial charge in [-0.1, -0.05) is 0 Å². The van der Waals surface area contributed by atoms with Crippen molar-refractivity contribution in [1.29, 1.82) is 0 Å². The van der Waals surface area contributed by atoms with Crippen LogP contribution in [0.5, 0.6) is 0 Å². The summed E-state index contributed by atoms with van der Waals surface area (Å²) in [6, 6.07) is 3.01. The van der Waals surface area contributed by atoms with Crippen LogP contribution >= 0.6 is 0 Å². The molecule has 0 saturated carbocycles. The number of hydrogen-bond acceptors (Lipinski definition) is 6. The summed E-state index contributed by atoms with van der Waals surface area (Å²) in [6.45, 7) is 2.59. The maximum absolute atomic E-state index is 10.6. The molecule has 0 fully saturated rings. The molecule has 0 radical (unpaired) electrons. The number of aryl methyl sites for hydroxylation is 1. The fraction of sp³-hybridized carbons (Fsp3) is 0.545. The van der Waals surface area contributed by atoms with Crippen molar-refractivity contribution < 1.29 is 14.4 Å². The lowest BCUT2D eigenvalue weighted by Gasteiger charge is -2.15. The molecule has 7 heteroatoms. The van der Waals surface area contributed by atoms with E-state index in [-0.39, 0.29) is 11.8 Å². The Hall–Kier alpha value is -1.73. The summed E-state index contributed by atoms with van der Waals surface area (Å²) in [4.78, 5) is 14.3. The maximum Gasteiger partial charge on any atom is 0.290 e. The van der Waals surface area contributed by atoms with E-state index in [1.165, 1.54) is 6.07 Å². The van der Waals surface area contributed by atoms with Gasteiger partial charge < -0.3 is 14.8 Å². The van der Waals surface area contributed by atoms with Crippen LogP contribution in [-0.2, 0) is 9.47 Å². The van der Waals surface area contributed by atoms with Gasteiger partial charge in [0, 0.05) is 26.8 Å². The van der Waals surface area contributed by atoms with Gasteiger partial charge in [0.2, 0.25) is 0 Å². The molecule has 18 heavy (non-hydrogen) atoms. The summed E-state index contributed by atoms with van der Waals surface area (Å²) in [7, 11) is 3.19. The Balaban J connectivity index is 2.63. The summed E-state index contributed by atoms with van der Waals surface area (Å²) in [6.07, 6.45) is -0.0905. The topological polar surface area (TPSA) is 86.5 Å². The first-order valence-corrected chi connectivity index (χ1v) is 5.46. The summed E-state index contributed by atoms with van der Waals surface area (Å²) in [5, 5.41) is 13.7. The second-order valence-corrected chi connectivity index (χ2v) is 3.75. The molecular weight excluding hydrogens is 238 g/mol. The van der Waals surface area contributed by atoms with Gasteiger partial charge in [0.1, 0.15) is 11.5 Å². The van der Waals surface area contributed by atoms with E-state index < -0.39 is 4.92 Å². The van der Waals surface area contributed by atoms with Crippen molar-refractivity contribution in [2.24, 2.45) is 0 Å². The minimum atomic E-state index is -0.449. The van der Waals surface area contributed by atoms with Gasteiger partial charge in [-0.15, -0.1) is 0 Å². The third-order valence-electron chi connectivity index (χ3n) is 2.45. The van der Waals surface area contributed by atoms with Crippen molar-refractivity contribution in [3.05, 3.63) is 27.9 Å². The zero-order valence-electron chi connectivity index (χ0n) is 10.7. The standard InChI is InChI=1S/C11H17N3O4/c1-8-10(14(15)16)4-5-11(13-8)12-6-9(18-3)7-17-2/h4-5,9H,6-7H2,1-3H3,(H,12,13). The Kier molecular flexibility index (Phi) is 5.47. The number of pyridine rings is 1. The van der Waals surface area contributed by atoms with Gasteiger partial charge in [-0.05, 0) is 13.0 Å². The van der Waals surface area contributed by atoms with Crippen LogP contribution in [0.2, 0.25) is 0 Å². The number of aromatic nitrogens is 1. The van der Waals surface area contributed by atoms with E-state index in [0.717, 1.165) is 0 Å². The predicted octanol–water partition coefficient (Wildman–Crippen LogP) is 1.37. The first-order chi connectivity index (χ1) is 8.58. The number of nitrogens with one attached hydrogen (secondary N) is 1. The molecule has 7 nitrogen and oxygen atoms in total. The smallest absolute Gasteiger partial charge is 0.290 e. The summed E-state index contributed by atoms with van der Waals surface area (Å²) in [5.41, 5.74) is 0.395. The van der Waals surface area contributed by atoms with Gasteiger partial charge in [0.15, 0.2) is 0 Å². The number of nitrogens with zero attached hydrogens (tertiary/aromatic N) is 2. The normalized spacial score (nSPS) is 12.2. The highest BCUT2D eigenvalue weighted by Crippen LogP contribution is 2.17. The number of anilines is 1. The molecular formula is C11H17N3O4. The summed E-state index contributed by atoms with van der Waals surface area (Å²) < 4.78 is 10.2. The molecule has 0 aromatic carbocycles. The van der Waals surface area contributed by atoms with Gasteiger partial charge in [-0.3, -0.25) is 10.1 Å². The van der Waals surface area contributed by atoms with Crippen molar-refractivity contribution in [3.8, 4) is 0 Å². The Bertz CT molecular complexity index is 411. The van der Waals surface area contributed by atoms with Crippen LogP contribution in [0.25, 0.3) is 0 Å². The molecule has 0 aliphatic rings. The molecule has 1 unspecified atom stereocenters. The van der Waals surface area contributed by atoms with Crippen LogP contribution in [0.4, 0.5) is 11.5 Å². The number of nitro groups is 1. The molecule has 0 amide bonds. The molecule has 0 spiro atoms. The second kappa shape index (κ2) is 6.87. The van der Waals surface area contributed by atoms with Gasteiger partial charge in [-0.25, -0.2) is 4.98 Å². The fourth-order valence-electron chi connectivity index (χ4n) is 1.46. The Morgan fingerprint density at radius 2 is 2.22 bits per heavy atom. The largest absolute Gasteiger partial charge is 0.382 e. The van der Waals surface area contributed by atoms with E-state index in [4.69, 9.17) is 9.47 Å². The molecule has 100 valence electrons. The summed E-state index contributed by atoms with van der Waals surface area (Å²) in [5.74, 6) is 0.580. The van der Waals surface area contributed by atoms with Crippen LogP contribution in [0.1, 0.15) is 5.69 Å². The Morgan fingerprint density at radius 1 is 1.50 bits per heavy atom. The zero-order chi connectivity index (χ0) is 13.5. The van der Waals surface area contributed by atoms with Crippen molar-refractivity contribution in [1.82, 2.24) is 4.98 Å². The van der Waals surface area contributed by atoms with Gasteiger partial charge in [-0.2, -0.15) is 0 Å². The van der Waals surface area contributed by atoms with Gasteiger partial charge in [0.05, 0.1) is 17.6 Å². The zero-order valence-corrected chi connectivity index (χ0v) is 10.7. The predicted molar refractivity (Wildman–Crippen MR) is 66.8 cm³/mol. The van der Waals surface area contributed by atoms with E-state index in [1.807, 2.05) is 0 Å². The minimum absolute atomic E-state index is 0.0146. The molecule has 1 heterocycles.